The first-order chi connectivity index (χ1) is 12.2. The monoisotopic (exact) mass is 346 g/mol. The third kappa shape index (κ3) is 4.40. The molecule has 5 heteroatoms. The Kier molecular flexibility index (Phi) is 6.45. The molecule has 0 unspecified atom stereocenters. The predicted octanol–water partition coefficient (Wildman–Crippen LogP) is 1.81. The summed E-state index contributed by atoms with van der Waals surface area (Å²) in [6.45, 7) is 4.40. The lowest BCUT2D eigenvalue weighted by Gasteiger charge is -2.41. The number of fused-ring (bicyclic) bond motifs is 1. The minimum atomic E-state index is 0.260. The standard InChI is InChI=1S/C20H30N2O3/c1-24-13-12-21-14-17-18(15-21)22(11-10-19(17)25-2)20(23)9-8-16-6-4-3-5-7-16/h3-7,17-19H,8-15H2,1-2H3/t17-,18+,19-/m1/s1. The van der Waals surface area contributed by atoms with E-state index in [1.807, 2.05) is 18.2 Å². The van der Waals surface area contributed by atoms with Crippen LogP contribution in [0, 0.1) is 5.92 Å². The van der Waals surface area contributed by atoms with Crippen molar-refractivity contribution >= 4 is 5.91 Å². The van der Waals surface area contributed by atoms with E-state index in [1.54, 1.807) is 14.2 Å². The molecule has 2 saturated heterocycles. The highest BCUT2D eigenvalue weighted by atomic mass is 16.5. The quantitative estimate of drug-likeness (QED) is 0.755. The first kappa shape index (κ1) is 18.4. The molecule has 138 valence electrons. The van der Waals surface area contributed by atoms with Crippen LogP contribution in [-0.4, -0.2) is 74.9 Å². The molecule has 25 heavy (non-hydrogen) atoms. The van der Waals surface area contributed by atoms with E-state index < -0.39 is 0 Å². The average Bonchev–Trinajstić information content (AvgIpc) is 3.08. The summed E-state index contributed by atoms with van der Waals surface area (Å²) >= 11 is 0. The van der Waals surface area contributed by atoms with E-state index in [0.717, 1.165) is 45.6 Å². The Morgan fingerprint density at radius 2 is 2.00 bits per heavy atom. The fraction of sp³-hybridized carbons (Fsp3) is 0.650. The van der Waals surface area contributed by atoms with Crippen LogP contribution in [0.15, 0.2) is 30.3 Å². The number of likely N-dealkylation sites (tertiary alicyclic amines) is 2. The van der Waals surface area contributed by atoms with Crippen LogP contribution in [0.2, 0.25) is 0 Å². The molecule has 0 saturated carbocycles. The fourth-order valence-electron chi connectivity index (χ4n) is 4.28. The number of ether oxygens (including phenoxy) is 2. The van der Waals surface area contributed by atoms with Gasteiger partial charge in [-0.25, -0.2) is 0 Å². The van der Waals surface area contributed by atoms with Gasteiger partial charge in [-0.1, -0.05) is 30.3 Å². The molecule has 2 fully saturated rings. The molecule has 0 bridgehead atoms. The summed E-state index contributed by atoms with van der Waals surface area (Å²) in [5, 5.41) is 0. The lowest BCUT2D eigenvalue weighted by Crippen LogP contribution is -2.53. The predicted molar refractivity (Wildman–Crippen MR) is 97.5 cm³/mol. The molecule has 1 amide bonds. The van der Waals surface area contributed by atoms with Gasteiger partial charge in [0.25, 0.3) is 0 Å². The number of aryl methyl sites for hydroxylation is 1. The maximum absolute atomic E-state index is 12.9. The van der Waals surface area contributed by atoms with E-state index in [1.165, 1.54) is 5.56 Å². The molecule has 0 aliphatic carbocycles. The fourth-order valence-corrected chi connectivity index (χ4v) is 4.28. The van der Waals surface area contributed by atoms with E-state index in [2.05, 4.69) is 21.9 Å². The summed E-state index contributed by atoms with van der Waals surface area (Å²) in [4.78, 5) is 17.4. The summed E-state index contributed by atoms with van der Waals surface area (Å²) in [6.07, 6.45) is 2.60. The van der Waals surface area contributed by atoms with Crippen molar-refractivity contribution in [3.8, 4) is 0 Å². The molecule has 2 aliphatic heterocycles. The van der Waals surface area contributed by atoms with Crippen LogP contribution in [0.3, 0.4) is 0 Å². The molecule has 2 heterocycles. The van der Waals surface area contributed by atoms with Crippen LogP contribution in [-0.2, 0) is 20.7 Å². The van der Waals surface area contributed by atoms with Crippen molar-refractivity contribution in [2.75, 3.05) is 47.0 Å². The summed E-state index contributed by atoms with van der Waals surface area (Å²) < 4.78 is 10.9. The minimum Gasteiger partial charge on any atom is -0.383 e. The second-order valence-corrected chi connectivity index (χ2v) is 7.12. The van der Waals surface area contributed by atoms with Gasteiger partial charge < -0.3 is 14.4 Å². The van der Waals surface area contributed by atoms with E-state index in [9.17, 15) is 4.79 Å². The van der Waals surface area contributed by atoms with Crippen molar-refractivity contribution in [1.29, 1.82) is 0 Å². The molecule has 0 N–H and O–H groups in total. The highest BCUT2D eigenvalue weighted by molar-refractivity contribution is 5.77. The van der Waals surface area contributed by atoms with E-state index in [4.69, 9.17) is 9.47 Å². The highest BCUT2D eigenvalue weighted by Gasteiger charge is 2.45. The van der Waals surface area contributed by atoms with Gasteiger partial charge in [-0.3, -0.25) is 9.69 Å². The molecule has 1 aromatic carbocycles. The van der Waals surface area contributed by atoms with Crippen molar-refractivity contribution in [1.82, 2.24) is 9.80 Å². The van der Waals surface area contributed by atoms with Crippen LogP contribution < -0.4 is 0 Å². The van der Waals surface area contributed by atoms with Crippen molar-refractivity contribution in [3.63, 3.8) is 0 Å². The first-order valence-corrected chi connectivity index (χ1v) is 9.30. The molecule has 3 atom stereocenters. The molecule has 5 nitrogen and oxygen atoms in total. The van der Waals surface area contributed by atoms with Gasteiger partial charge in [-0.15, -0.1) is 0 Å². The van der Waals surface area contributed by atoms with Crippen molar-refractivity contribution in [2.45, 2.75) is 31.4 Å². The third-order valence-electron chi connectivity index (χ3n) is 5.65. The smallest absolute Gasteiger partial charge is 0.223 e. The van der Waals surface area contributed by atoms with Gasteiger partial charge in [-0.05, 0) is 18.4 Å². The molecule has 3 rings (SSSR count). The second-order valence-electron chi connectivity index (χ2n) is 7.12. The lowest BCUT2D eigenvalue weighted by molar-refractivity contribution is -0.138. The number of hydrogen-bond donors (Lipinski definition) is 0. The maximum Gasteiger partial charge on any atom is 0.223 e. The van der Waals surface area contributed by atoms with Crippen molar-refractivity contribution in [2.24, 2.45) is 5.92 Å². The second kappa shape index (κ2) is 8.79. The van der Waals surface area contributed by atoms with Gasteiger partial charge in [-0.2, -0.15) is 0 Å². The third-order valence-corrected chi connectivity index (χ3v) is 5.65. The van der Waals surface area contributed by atoms with Gasteiger partial charge in [0, 0.05) is 52.7 Å². The first-order valence-electron chi connectivity index (χ1n) is 9.30. The molecule has 2 aliphatic rings. The Bertz CT molecular complexity index is 551. The summed E-state index contributed by atoms with van der Waals surface area (Å²) in [5.41, 5.74) is 1.23. The zero-order valence-corrected chi connectivity index (χ0v) is 15.4. The Labute approximate surface area is 150 Å². The molecule has 0 spiro atoms. The lowest BCUT2D eigenvalue weighted by atomic mass is 9.88. The molecule has 1 aromatic rings. The topological polar surface area (TPSA) is 42.0 Å². The van der Waals surface area contributed by atoms with E-state index >= 15 is 0 Å². The van der Waals surface area contributed by atoms with Gasteiger partial charge >= 0.3 is 0 Å². The number of piperidine rings is 1. The number of amides is 1. The number of carbonyl (C=O) groups is 1. The maximum atomic E-state index is 12.9. The Morgan fingerprint density at radius 3 is 2.72 bits per heavy atom. The SMILES string of the molecule is COCCN1C[C@H]2[C@H](OC)CCN(C(=O)CCc3ccccc3)[C@H]2C1. The summed E-state index contributed by atoms with van der Waals surface area (Å²) in [5.74, 6) is 0.693. The Hall–Kier alpha value is -1.43. The number of benzene rings is 1. The molecule has 0 aromatic heterocycles. The summed E-state index contributed by atoms with van der Waals surface area (Å²) in [7, 11) is 3.53. The van der Waals surface area contributed by atoms with Gasteiger partial charge in [0.2, 0.25) is 5.91 Å². The molecule has 0 radical (unpaired) electrons. The van der Waals surface area contributed by atoms with Crippen LogP contribution in [0.1, 0.15) is 18.4 Å². The van der Waals surface area contributed by atoms with Crippen molar-refractivity contribution < 1.29 is 14.3 Å². The zero-order chi connectivity index (χ0) is 17.6. The number of nitrogens with zero attached hydrogens (tertiary/aromatic N) is 2. The largest absolute Gasteiger partial charge is 0.383 e. The summed E-state index contributed by atoms with van der Waals surface area (Å²) in [6, 6.07) is 10.5. The molecular formula is C20H30N2O3. The van der Waals surface area contributed by atoms with E-state index in [0.29, 0.717) is 12.3 Å². The number of hydrogen-bond acceptors (Lipinski definition) is 4. The normalized spacial score (nSPS) is 26.6. The number of carbonyl (C=O) groups excluding carboxylic acids is 1. The van der Waals surface area contributed by atoms with E-state index in [-0.39, 0.29) is 18.1 Å². The minimum absolute atomic E-state index is 0.260. The number of rotatable bonds is 7. The van der Waals surface area contributed by atoms with Gasteiger partial charge in [0.1, 0.15) is 0 Å². The number of methoxy groups -OCH3 is 2. The van der Waals surface area contributed by atoms with Crippen LogP contribution in [0.4, 0.5) is 0 Å². The van der Waals surface area contributed by atoms with Gasteiger partial charge in [0.15, 0.2) is 0 Å². The van der Waals surface area contributed by atoms with Crippen LogP contribution in [0.25, 0.3) is 0 Å². The van der Waals surface area contributed by atoms with Gasteiger partial charge in [0.05, 0.1) is 18.8 Å². The average molecular weight is 346 g/mol. The molecular weight excluding hydrogens is 316 g/mol. The van der Waals surface area contributed by atoms with Crippen molar-refractivity contribution in [3.05, 3.63) is 35.9 Å². The zero-order valence-electron chi connectivity index (χ0n) is 15.4. The Balaban J connectivity index is 1.61. The van der Waals surface area contributed by atoms with Crippen LogP contribution >= 0.6 is 0 Å². The van der Waals surface area contributed by atoms with Crippen LogP contribution in [0.5, 0.6) is 0 Å². The highest BCUT2D eigenvalue weighted by Crippen LogP contribution is 2.32. The Morgan fingerprint density at radius 1 is 1.20 bits per heavy atom.